The Balaban J connectivity index is 1.61. The maximum absolute atomic E-state index is 9.73. The molecular weight excluding hydrogens is 434 g/mol. The quantitative estimate of drug-likeness (QED) is 0.271. The molecule has 2 heterocycles. The molecule has 0 fully saturated rings. The number of aromatic nitrogens is 1. The van der Waals surface area contributed by atoms with Gasteiger partial charge in [-0.05, 0) is 47.5 Å². The van der Waals surface area contributed by atoms with Gasteiger partial charge in [-0.1, -0.05) is 78.5 Å². The summed E-state index contributed by atoms with van der Waals surface area (Å²) < 4.78 is 0. The van der Waals surface area contributed by atoms with E-state index < -0.39 is 0 Å². The highest BCUT2D eigenvalue weighted by molar-refractivity contribution is 7.99. The van der Waals surface area contributed by atoms with Crippen molar-refractivity contribution in [2.45, 2.75) is 9.79 Å². The Morgan fingerprint density at radius 1 is 0.588 bits per heavy atom. The van der Waals surface area contributed by atoms with Crippen molar-refractivity contribution in [3.05, 3.63) is 121 Å². The summed E-state index contributed by atoms with van der Waals surface area (Å²) in [5.74, 6) is 0. The van der Waals surface area contributed by atoms with E-state index in [0.717, 1.165) is 39.3 Å². The molecule has 0 N–H and O–H groups in total. The van der Waals surface area contributed by atoms with Gasteiger partial charge in [0.05, 0.1) is 28.7 Å². The van der Waals surface area contributed by atoms with Gasteiger partial charge in [0.1, 0.15) is 0 Å². The van der Waals surface area contributed by atoms with Crippen LogP contribution in [-0.2, 0) is 0 Å². The molecule has 6 rings (SSSR count). The number of anilines is 3. The Kier molecular flexibility index (Phi) is 5.10. The normalized spacial score (nSPS) is 11.9. The monoisotopic (exact) mass is 453 g/mol. The van der Waals surface area contributed by atoms with Gasteiger partial charge in [0.15, 0.2) is 0 Å². The first-order valence-corrected chi connectivity index (χ1v) is 11.9. The van der Waals surface area contributed by atoms with Crippen LogP contribution in [0.5, 0.6) is 0 Å². The van der Waals surface area contributed by atoms with E-state index in [1.54, 1.807) is 30.2 Å². The molecule has 0 unspecified atom stereocenters. The largest absolute Gasteiger partial charge is 0.308 e. The van der Waals surface area contributed by atoms with Crippen LogP contribution in [-0.4, -0.2) is 4.98 Å². The number of hydrogen-bond acceptors (Lipinski definition) is 4. The van der Waals surface area contributed by atoms with Crippen molar-refractivity contribution >= 4 is 28.8 Å². The third-order valence-electron chi connectivity index (χ3n) is 6.03. The Hall–Kier alpha value is -4.33. The molecule has 0 saturated carbocycles. The lowest BCUT2D eigenvalue weighted by molar-refractivity contribution is 1.17. The molecule has 1 aliphatic heterocycles. The number of nitrogens with zero attached hydrogens (tertiary/aromatic N) is 3. The zero-order chi connectivity index (χ0) is 22.9. The molecule has 0 saturated heterocycles. The molecule has 0 bridgehead atoms. The number of pyridine rings is 1. The highest BCUT2D eigenvalue weighted by Gasteiger charge is 2.26. The van der Waals surface area contributed by atoms with Gasteiger partial charge in [0.2, 0.25) is 0 Å². The standard InChI is InChI=1S/C30H19N3S/c31-19-21-17-18-32-20-25(21)23-10-2-1-9-22(23)24-11-3-4-12-26(24)33-27-13-5-7-15-29(27)34-30-16-8-6-14-28(30)33/h1-18,20H. The van der Waals surface area contributed by atoms with E-state index in [4.69, 9.17) is 0 Å². The summed E-state index contributed by atoms with van der Waals surface area (Å²) in [5.41, 5.74) is 8.03. The number of hydrogen-bond donors (Lipinski definition) is 0. The number of fused-ring (bicyclic) bond motifs is 2. The third-order valence-corrected chi connectivity index (χ3v) is 7.16. The summed E-state index contributed by atoms with van der Waals surface area (Å²) in [7, 11) is 0. The Morgan fingerprint density at radius 2 is 1.12 bits per heavy atom. The van der Waals surface area contributed by atoms with Gasteiger partial charge in [0, 0.05) is 33.3 Å². The number of nitriles is 1. The van der Waals surface area contributed by atoms with Gasteiger partial charge < -0.3 is 4.90 Å². The van der Waals surface area contributed by atoms with Gasteiger partial charge in [0.25, 0.3) is 0 Å². The highest BCUT2D eigenvalue weighted by Crippen LogP contribution is 2.53. The van der Waals surface area contributed by atoms with E-state index in [-0.39, 0.29) is 0 Å². The number of benzene rings is 4. The van der Waals surface area contributed by atoms with Gasteiger partial charge in [-0.15, -0.1) is 0 Å². The molecule has 0 spiro atoms. The second-order valence-corrected chi connectivity index (χ2v) is 9.05. The average molecular weight is 454 g/mol. The molecule has 3 nitrogen and oxygen atoms in total. The predicted octanol–water partition coefficient (Wildman–Crippen LogP) is 8.22. The molecule has 160 valence electrons. The van der Waals surface area contributed by atoms with Crippen molar-refractivity contribution in [1.29, 1.82) is 5.26 Å². The minimum Gasteiger partial charge on any atom is -0.308 e. The van der Waals surface area contributed by atoms with Crippen LogP contribution >= 0.6 is 11.8 Å². The van der Waals surface area contributed by atoms with Gasteiger partial charge >= 0.3 is 0 Å². The van der Waals surface area contributed by atoms with Crippen molar-refractivity contribution in [1.82, 2.24) is 4.98 Å². The first-order chi connectivity index (χ1) is 16.8. The zero-order valence-corrected chi connectivity index (χ0v) is 19.0. The molecule has 0 amide bonds. The lowest BCUT2D eigenvalue weighted by Gasteiger charge is -2.34. The molecular formula is C30H19N3S. The lowest BCUT2D eigenvalue weighted by atomic mass is 9.92. The van der Waals surface area contributed by atoms with E-state index in [1.165, 1.54) is 9.79 Å². The fourth-order valence-corrected chi connectivity index (χ4v) is 5.58. The van der Waals surface area contributed by atoms with Crippen LogP contribution in [0.4, 0.5) is 17.1 Å². The summed E-state index contributed by atoms with van der Waals surface area (Å²) >= 11 is 1.80. The molecule has 1 aliphatic rings. The minimum absolute atomic E-state index is 0.616. The number of para-hydroxylation sites is 3. The average Bonchev–Trinajstić information content (AvgIpc) is 2.91. The molecule has 4 heteroatoms. The van der Waals surface area contributed by atoms with E-state index in [1.807, 2.05) is 12.1 Å². The molecule has 0 aliphatic carbocycles. The van der Waals surface area contributed by atoms with Crippen molar-refractivity contribution in [3.63, 3.8) is 0 Å². The second kappa shape index (κ2) is 8.55. The van der Waals surface area contributed by atoms with Crippen LogP contribution in [0.15, 0.2) is 125 Å². The SMILES string of the molecule is N#Cc1ccncc1-c1ccccc1-c1ccccc1N1c2ccccc2Sc2ccccc21. The first-order valence-electron chi connectivity index (χ1n) is 11.0. The van der Waals surface area contributed by atoms with Crippen molar-refractivity contribution in [2.75, 3.05) is 4.90 Å². The molecule has 1 aromatic heterocycles. The molecule has 4 aromatic carbocycles. The fourth-order valence-electron chi connectivity index (χ4n) is 4.52. The predicted molar refractivity (Wildman–Crippen MR) is 139 cm³/mol. The van der Waals surface area contributed by atoms with Crippen molar-refractivity contribution in [2.24, 2.45) is 0 Å². The van der Waals surface area contributed by atoms with E-state index in [0.29, 0.717) is 5.56 Å². The fraction of sp³-hybridized carbons (Fsp3) is 0. The van der Waals surface area contributed by atoms with Crippen molar-refractivity contribution in [3.8, 4) is 28.3 Å². The molecule has 34 heavy (non-hydrogen) atoms. The third kappa shape index (κ3) is 3.35. The summed E-state index contributed by atoms with van der Waals surface area (Å²) in [6, 6.07) is 37.9. The smallest absolute Gasteiger partial charge is 0.0999 e. The molecule has 5 aromatic rings. The van der Waals surface area contributed by atoms with Gasteiger partial charge in [-0.3, -0.25) is 4.98 Å². The zero-order valence-electron chi connectivity index (χ0n) is 18.2. The maximum Gasteiger partial charge on any atom is 0.0999 e. The number of rotatable bonds is 3. The maximum atomic E-state index is 9.73. The van der Waals surface area contributed by atoms with Gasteiger partial charge in [-0.25, -0.2) is 0 Å². The van der Waals surface area contributed by atoms with Crippen molar-refractivity contribution < 1.29 is 0 Å². The highest BCUT2D eigenvalue weighted by atomic mass is 32.2. The Bertz CT molecular complexity index is 1520. The van der Waals surface area contributed by atoms with Crippen LogP contribution in [0.2, 0.25) is 0 Å². The first kappa shape index (κ1) is 20.3. The van der Waals surface area contributed by atoms with E-state index in [2.05, 4.69) is 101 Å². The van der Waals surface area contributed by atoms with Crippen LogP contribution in [0.25, 0.3) is 22.3 Å². The molecule has 0 atom stereocenters. The molecule has 0 radical (unpaired) electrons. The summed E-state index contributed by atoms with van der Waals surface area (Å²) in [6.07, 6.45) is 3.44. The Morgan fingerprint density at radius 3 is 1.76 bits per heavy atom. The topological polar surface area (TPSA) is 39.9 Å². The van der Waals surface area contributed by atoms with Crippen LogP contribution in [0, 0.1) is 11.3 Å². The second-order valence-electron chi connectivity index (χ2n) is 7.97. The van der Waals surface area contributed by atoms with Crippen LogP contribution < -0.4 is 4.90 Å². The van der Waals surface area contributed by atoms with E-state index >= 15 is 0 Å². The van der Waals surface area contributed by atoms with Crippen LogP contribution in [0.3, 0.4) is 0 Å². The summed E-state index contributed by atoms with van der Waals surface area (Å²) in [5, 5.41) is 9.73. The van der Waals surface area contributed by atoms with E-state index in [9.17, 15) is 5.26 Å². The minimum atomic E-state index is 0.616. The Labute approximate surface area is 203 Å². The summed E-state index contributed by atoms with van der Waals surface area (Å²) in [6.45, 7) is 0. The van der Waals surface area contributed by atoms with Crippen LogP contribution in [0.1, 0.15) is 5.56 Å². The lowest BCUT2D eigenvalue weighted by Crippen LogP contribution is -2.15. The summed E-state index contributed by atoms with van der Waals surface area (Å²) in [4.78, 5) is 9.11. The van der Waals surface area contributed by atoms with Gasteiger partial charge in [-0.2, -0.15) is 5.26 Å².